The van der Waals surface area contributed by atoms with Crippen molar-refractivity contribution in [2.75, 3.05) is 13.5 Å². The highest BCUT2D eigenvalue weighted by molar-refractivity contribution is 4.66. The fraction of sp³-hybridized carbons (Fsp3) is 1.00. The van der Waals surface area contributed by atoms with Crippen molar-refractivity contribution in [3.05, 3.63) is 0 Å². The van der Waals surface area contributed by atoms with E-state index in [1.54, 1.807) is 0 Å². The second-order valence-corrected chi connectivity index (χ2v) is 2.47. The number of alkyl halides is 8. The van der Waals surface area contributed by atoms with Crippen molar-refractivity contribution in [1.82, 2.24) is 0 Å². The van der Waals surface area contributed by atoms with Gasteiger partial charge in [-0.25, -0.2) is 4.39 Å². The monoisotopic (exact) mass is 310 g/mol. The summed E-state index contributed by atoms with van der Waals surface area (Å²) in [6.07, 6.45) is -11.8. The average molecular weight is 310 g/mol. The first kappa shape index (κ1) is 26.8. The van der Waals surface area contributed by atoms with Crippen molar-refractivity contribution in [2.24, 2.45) is 0 Å². The third-order valence-electron chi connectivity index (χ3n) is 0.953. The maximum absolute atomic E-state index is 12.5. The molecule has 1 atom stereocenters. The molecule has 10 heteroatoms. The first-order valence-electron chi connectivity index (χ1n) is 4.03. The number of hydrogen-bond donors (Lipinski definition) is 0. The largest absolute Gasteiger partial charge is 0.483 e. The van der Waals surface area contributed by atoms with Crippen LogP contribution in [0.2, 0.25) is 0 Å². The molecule has 0 spiro atoms. The van der Waals surface area contributed by atoms with Gasteiger partial charge in [-0.15, -0.1) is 0 Å². The second kappa shape index (κ2) is 10.2. The Morgan fingerprint density at radius 3 is 1.42 bits per heavy atom. The van der Waals surface area contributed by atoms with E-state index in [0.29, 0.717) is 0 Å². The Morgan fingerprint density at radius 1 is 0.895 bits per heavy atom. The lowest BCUT2D eigenvalue weighted by Gasteiger charge is -2.26. The zero-order chi connectivity index (χ0) is 14.3. The van der Waals surface area contributed by atoms with E-state index in [2.05, 4.69) is 9.47 Å². The molecule has 122 valence electrons. The van der Waals surface area contributed by atoms with Gasteiger partial charge in [0.25, 0.3) is 0 Å². The van der Waals surface area contributed by atoms with Gasteiger partial charge in [0.05, 0.1) is 6.67 Å². The molecule has 0 fully saturated rings. The van der Waals surface area contributed by atoms with Crippen LogP contribution in [0.1, 0.15) is 28.7 Å². The molecule has 0 saturated heterocycles. The van der Waals surface area contributed by atoms with E-state index in [4.69, 9.17) is 0 Å². The highest BCUT2D eigenvalue weighted by Gasteiger charge is 2.63. The van der Waals surface area contributed by atoms with Crippen LogP contribution in [0.15, 0.2) is 0 Å². The summed E-state index contributed by atoms with van der Waals surface area (Å²) in [6.45, 7) is -0.618. The molecular weight excluding hydrogens is 292 g/mol. The molecule has 0 amide bonds. The molecule has 0 aromatic carbocycles. The minimum absolute atomic E-state index is 0. The van der Waals surface area contributed by atoms with Crippen LogP contribution < -0.4 is 0 Å². The lowest BCUT2D eigenvalue weighted by Crippen LogP contribution is -2.46. The summed E-state index contributed by atoms with van der Waals surface area (Å²) < 4.78 is 98.1. The van der Waals surface area contributed by atoms with Crippen LogP contribution in [0.25, 0.3) is 0 Å². The Hall–Kier alpha value is -0.640. The van der Waals surface area contributed by atoms with E-state index < -0.39 is 25.2 Å². The predicted octanol–water partition coefficient (Wildman–Crippen LogP) is 4.99. The summed E-state index contributed by atoms with van der Waals surface area (Å²) in [4.78, 5) is 0. The van der Waals surface area contributed by atoms with Crippen LogP contribution in [0.5, 0.6) is 0 Å². The minimum Gasteiger partial charge on any atom is -0.292 e. The summed E-state index contributed by atoms with van der Waals surface area (Å²) in [5.41, 5.74) is 0. The van der Waals surface area contributed by atoms with Crippen molar-refractivity contribution in [2.45, 2.75) is 47.0 Å². The number of ether oxygens (including phenoxy) is 2. The van der Waals surface area contributed by atoms with Crippen molar-refractivity contribution in [3.63, 3.8) is 0 Å². The molecule has 0 aromatic rings. The maximum atomic E-state index is 12.5. The molecule has 0 aromatic heterocycles. The first-order chi connectivity index (χ1) is 7.43. The van der Waals surface area contributed by atoms with Gasteiger partial charge in [0.2, 0.25) is 0 Å². The van der Waals surface area contributed by atoms with Gasteiger partial charge in [0.15, 0.2) is 6.86 Å². The average Bonchev–Trinajstić information content (AvgIpc) is 1.99. The molecule has 1 unspecified atom stereocenters. The SMILES string of the molecule is C.C.CC(F)(OCF)OC(F)(F)C(F)(F)F.CCF. The van der Waals surface area contributed by atoms with Gasteiger partial charge in [-0.3, -0.25) is 13.9 Å². The summed E-state index contributed by atoms with van der Waals surface area (Å²) in [7, 11) is 0. The number of rotatable bonds is 4. The summed E-state index contributed by atoms with van der Waals surface area (Å²) in [5, 5.41) is 0. The molecule has 0 saturated carbocycles. The Kier molecular flexibility index (Phi) is 14.4. The quantitative estimate of drug-likeness (QED) is 0.538. The zero-order valence-electron chi connectivity index (χ0n) is 8.75. The van der Waals surface area contributed by atoms with Gasteiger partial charge in [-0.2, -0.15) is 26.3 Å². The smallest absolute Gasteiger partial charge is 0.292 e. The van der Waals surface area contributed by atoms with Crippen LogP contribution >= 0.6 is 0 Å². The normalized spacial score (nSPS) is 14.2. The molecule has 0 aliphatic heterocycles. The predicted molar refractivity (Wildman–Crippen MR) is 53.8 cm³/mol. The fourth-order valence-corrected chi connectivity index (χ4v) is 0.414. The molecule has 0 aliphatic carbocycles. The molecule has 0 bridgehead atoms. The van der Waals surface area contributed by atoms with Crippen LogP contribution in [0, 0.1) is 0 Å². The highest BCUT2D eigenvalue weighted by Crippen LogP contribution is 2.39. The standard InChI is InChI=1S/C5H5F7O2.C2H5F.2CH4/c1-3(7,13-2-6)14-5(11,12)4(8,9)10;1-2-3;;/h2H2,1H3;2H2,1H3;2*1H4. The Morgan fingerprint density at radius 2 is 1.21 bits per heavy atom. The third kappa shape index (κ3) is 12.2. The molecule has 2 nitrogen and oxygen atoms in total. The zero-order valence-corrected chi connectivity index (χ0v) is 8.75. The van der Waals surface area contributed by atoms with E-state index >= 15 is 0 Å². The van der Waals surface area contributed by atoms with Gasteiger partial charge >= 0.3 is 18.3 Å². The molecule has 0 radical (unpaired) electrons. The molecule has 0 aliphatic rings. The number of hydrogen-bond acceptors (Lipinski definition) is 2. The van der Waals surface area contributed by atoms with Crippen molar-refractivity contribution < 1.29 is 44.6 Å². The Labute approximate surface area is 106 Å². The van der Waals surface area contributed by atoms with Crippen molar-refractivity contribution in [1.29, 1.82) is 0 Å². The molecule has 0 heterocycles. The van der Waals surface area contributed by atoms with Crippen LogP contribution in [0.3, 0.4) is 0 Å². The van der Waals surface area contributed by atoms with Gasteiger partial charge in [-0.1, -0.05) is 14.9 Å². The van der Waals surface area contributed by atoms with E-state index in [1.807, 2.05) is 0 Å². The maximum Gasteiger partial charge on any atom is 0.483 e. The van der Waals surface area contributed by atoms with Gasteiger partial charge in [0, 0.05) is 6.92 Å². The van der Waals surface area contributed by atoms with Gasteiger partial charge < -0.3 is 0 Å². The second-order valence-electron chi connectivity index (χ2n) is 2.47. The molecule has 19 heavy (non-hydrogen) atoms. The summed E-state index contributed by atoms with van der Waals surface area (Å²) in [5.74, 6) is 0. The lowest BCUT2D eigenvalue weighted by molar-refractivity contribution is -0.475. The van der Waals surface area contributed by atoms with E-state index in [9.17, 15) is 35.1 Å². The van der Waals surface area contributed by atoms with E-state index in [0.717, 1.165) is 0 Å². The van der Waals surface area contributed by atoms with Crippen LogP contribution in [0.4, 0.5) is 35.1 Å². The minimum atomic E-state index is -6.10. The summed E-state index contributed by atoms with van der Waals surface area (Å²) in [6, 6.07) is -3.85. The fourth-order valence-electron chi connectivity index (χ4n) is 0.414. The summed E-state index contributed by atoms with van der Waals surface area (Å²) >= 11 is 0. The highest BCUT2D eigenvalue weighted by atomic mass is 19.4. The van der Waals surface area contributed by atoms with E-state index in [-0.39, 0.29) is 28.5 Å². The van der Waals surface area contributed by atoms with Gasteiger partial charge in [-0.05, 0) is 6.92 Å². The van der Waals surface area contributed by atoms with Crippen LogP contribution in [-0.4, -0.2) is 31.9 Å². The Balaban J connectivity index is -0.000000204. The lowest BCUT2D eigenvalue weighted by atomic mass is 10.6. The topological polar surface area (TPSA) is 18.5 Å². The van der Waals surface area contributed by atoms with Crippen molar-refractivity contribution in [3.8, 4) is 0 Å². The Bertz CT molecular complexity index is 205. The van der Waals surface area contributed by atoms with Crippen molar-refractivity contribution >= 4 is 0 Å². The molecule has 0 N–H and O–H groups in total. The molecule has 0 rings (SSSR count). The number of halogens is 8. The van der Waals surface area contributed by atoms with Gasteiger partial charge in [0.1, 0.15) is 0 Å². The van der Waals surface area contributed by atoms with Crippen LogP contribution in [-0.2, 0) is 9.47 Å². The first-order valence-corrected chi connectivity index (χ1v) is 4.03. The van der Waals surface area contributed by atoms with E-state index in [1.165, 1.54) is 6.92 Å². The third-order valence-corrected chi connectivity index (χ3v) is 0.953. The molecular formula is C9H18F8O2.